The average molecular weight is 486 g/mol. The summed E-state index contributed by atoms with van der Waals surface area (Å²) in [6.07, 6.45) is 0. The van der Waals surface area contributed by atoms with Crippen LogP contribution in [0.3, 0.4) is 0 Å². The number of hydrogen-bond acceptors (Lipinski definition) is 6. The first-order chi connectivity index (χ1) is 17.5. The lowest BCUT2D eigenvalue weighted by molar-refractivity contribution is -0.146. The van der Waals surface area contributed by atoms with E-state index in [1.54, 1.807) is 24.3 Å². The summed E-state index contributed by atoms with van der Waals surface area (Å²) in [5, 5.41) is 16.1. The molecule has 2 aliphatic heterocycles. The van der Waals surface area contributed by atoms with E-state index in [1.165, 1.54) is 4.90 Å². The number of aliphatic carboxylic acids is 1. The van der Waals surface area contributed by atoms with Gasteiger partial charge in [-0.15, -0.1) is 0 Å². The van der Waals surface area contributed by atoms with Gasteiger partial charge in [0.2, 0.25) is 11.8 Å². The second-order valence-corrected chi connectivity index (χ2v) is 8.99. The summed E-state index contributed by atoms with van der Waals surface area (Å²) >= 11 is 0. The fourth-order valence-electron chi connectivity index (χ4n) is 5.01. The van der Waals surface area contributed by atoms with Gasteiger partial charge in [0.05, 0.1) is 11.8 Å². The molecule has 36 heavy (non-hydrogen) atoms. The molecule has 8 nitrogen and oxygen atoms in total. The van der Waals surface area contributed by atoms with E-state index >= 15 is 0 Å². The molecule has 2 saturated heterocycles. The molecular weight excluding hydrogens is 458 g/mol. The highest BCUT2D eigenvalue weighted by atomic mass is 16.5. The maximum atomic E-state index is 13.3. The lowest BCUT2D eigenvalue weighted by Crippen LogP contribution is -2.44. The molecule has 3 aromatic rings. The van der Waals surface area contributed by atoms with Crippen LogP contribution in [-0.2, 0) is 20.9 Å². The van der Waals surface area contributed by atoms with Crippen molar-refractivity contribution in [3.05, 3.63) is 96.1 Å². The summed E-state index contributed by atoms with van der Waals surface area (Å²) < 4.78 is 5.83. The summed E-state index contributed by atoms with van der Waals surface area (Å²) in [6, 6.07) is 24.6. The molecule has 0 spiro atoms. The van der Waals surface area contributed by atoms with Gasteiger partial charge in [-0.25, -0.2) is 0 Å². The minimum atomic E-state index is -1.14. The van der Waals surface area contributed by atoms with Gasteiger partial charge in [-0.3, -0.25) is 24.6 Å². The number of hydrogen-bond donors (Lipinski definition) is 3. The molecule has 184 valence electrons. The molecule has 2 amide bonds. The van der Waals surface area contributed by atoms with Gasteiger partial charge in [-0.05, 0) is 35.4 Å². The number of carbonyl (C=O) groups excluding carboxylic acids is 2. The Hall–Kier alpha value is -4.01. The summed E-state index contributed by atoms with van der Waals surface area (Å²) in [6.45, 7) is 1.23. The van der Waals surface area contributed by atoms with Gasteiger partial charge in [-0.1, -0.05) is 60.7 Å². The Balaban J connectivity index is 1.28. The SMILES string of the molecule is O=C(O)C1NC(c2ccc(Oc3ccccc3)cc2)C2C(=O)N(CCNCc3ccccc3)C(=O)C12. The van der Waals surface area contributed by atoms with Gasteiger partial charge in [0.25, 0.3) is 0 Å². The number of carbonyl (C=O) groups is 3. The zero-order chi connectivity index (χ0) is 25.1. The van der Waals surface area contributed by atoms with Crippen LogP contribution in [0, 0.1) is 11.8 Å². The molecule has 0 aliphatic carbocycles. The minimum Gasteiger partial charge on any atom is -0.480 e. The lowest BCUT2D eigenvalue weighted by Gasteiger charge is -2.21. The zero-order valence-electron chi connectivity index (χ0n) is 19.5. The third-order valence-corrected chi connectivity index (χ3v) is 6.73. The van der Waals surface area contributed by atoms with Crippen LogP contribution in [0.15, 0.2) is 84.9 Å². The molecule has 0 bridgehead atoms. The Morgan fingerprint density at radius 3 is 2.14 bits per heavy atom. The van der Waals surface area contributed by atoms with Gasteiger partial charge in [0.1, 0.15) is 17.5 Å². The highest BCUT2D eigenvalue weighted by Gasteiger charge is 2.60. The number of likely N-dealkylation sites (tertiary alicyclic amines) is 1. The van der Waals surface area contributed by atoms with Crippen LogP contribution in [0.4, 0.5) is 0 Å². The Bertz CT molecular complexity index is 1230. The van der Waals surface area contributed by atoms with Crippen molar-refractivity contribution in [1.29, 1.82) is 0 Å². The van der Waals surface area contributed by atoms with E-state index < -0.39 is 35.8 Å². The number of benzene rings is 3. The van der Waals surface area contributed by atoms with Crippen molar-refractivity contribution in [1.82, 2.24) is 15.5 Å². The van der Waals surface area contributed by atoms with Crippen molar-refractivity contribution >= 4 is 17.8 Å². The first-order valence-corrected chi connectivity index (χ1v) is 11.9. The van der Waals surface area contributed by atoms with E-state index in [0.29, 0.717) is 24.6 Å². The fraction of sp³-hybridized carbons (Fsp3) is 0.250. The van der Waals surface area contributed by atoms with Crippen LogP contribution >= 0.6 is 0 Å². The first kappa shape index (κ1) is 23.7. The minimum absolute atomic E-state index is 0.195. The maximum Gasteiger partial charge on any atom is 0.321 e. The molecule has 2 heterocycles. The van der Waals surface area contributed by atoms with E-state index in [2.05, 4.69) is 10.6 Å². The number of imide groups is 1. The van der Waals surface area contributed by atoms with E-state index in [4.69, 9.17) is 4.74 Å². The van der Waals surface area contributed by atoms with E-state index in [9.17, 15) is 19.5 Å². The van der Waals surface area contributed by atoms with Gasteiger partial charge >= 0.3 is 5.97 Å². The largest absolute Gasteiger partial charge is 0.480 e. The number of carboxylic acids is 1. The van der Waals surface area contributed by atoms with Crippen LogP contribution in [0.5, 0.6) is 11.5 Å². The third kappa shape index (κ3) is 4.73. The molecule has 3 aromatic carbocycles. The van der Waals surface area contributed by atoms with Gasteiger partial charge in [-0.2, -0.15) is 0 Å². The molecule has 2 fully saturated rings. The second kappa shape index (κ2) is 10.3. The second-order valence-electron chi connectivity index (χ2n) is 8.99. The molecule has 0 aromatic heterocycles. The van der Waals surface area contributed by atoms with Crippen LogP contribution in [-0.4, -0.2) is 46.9 Å². The Kier molecular flexibility index (Phi) is 6.79. The lowest BCUT2D eigenvalue weighted by atomic mass is 9.86. The monoisotopic (exact) mass is 485 g/mol. The molecule has 2 aliphatic rings. The average Bonchev–Trinajstić information content (AvgIpc) is 3.41. The molecule has 5 rings (SSSR count). The number of rotatable bonds is 9. The van der Waals surface area contributed by atoms with Crippen molar-refractivity contribution in [3.8, 4) is 11.5 Å². The number of nitrogens with one attached hydrogen (secondary N) is 2. The van der Waals surface area contributed by atoms with Crippen LogP contribution in [0.1, 0.15) is 17.2 Å². The summed E-state index contributed by atoms with van der Waals surface area (Å²) in [5.41, 5.74) is 1.84. The quantitative estimate of drug-likeness (QED) is 0.316. The smallest absolute Gasteiger partial charge is 0.321 e. The van der Waals surface area contributed by atoms with Crippen molar-refractivity contribution in [3.63, 3.8) is 0 Å². The number of amides is 2. The summed E-state index contributed by atoms with van der Waals surface area (Å²) in [7, 11) is 0. The Morgan fingerprint density at radius 2 is 1.47 bits per heavy atom. The highest BCUT2D eigenvalue weighted by Crippen LogP contribution is 2.44. The van der Waals surface area contributed by atoms with Gasteiger partial charge in [0.15, 0.2) is 0 Å². The molecule has 8 heteroatoms. The standard InChI is InChI=1S/C28H27N3O5/c32-26-22-23(27(33)31(26)16-15-29-17-18-7-3-1-4-8-18)25(28(34)35)30-24(22)19-11-13-21(14-12-19)36-20-9-5-2-6-10-20/h1-14,22-25,29-30H,15-17H2,(H,34,35). The predicted octanol–water partition coefficient (Wildman–Crippen LogP) is 2.97. The molecule has 0 saturated carbocycles. The number of ether oxygens (including phenoxy) is 1. The van der Waals surface area contributed by atoms with Gasteiger partial charge in [0, 0.05) is 25.7 Å². The van der Waals surface area contributed by atoms with Crippen molar-refractivity contribution in [2.45, 2.75) is 18.6 Å². The predicted molar refractivity (Wildman–Crippen MR) is 132 cm³/mol. The van der Waals surface area contributed by atoms with E-state index in [1.807, 2.05) is 60.7 Å². The first-order valence-electron chi connectivity index (χ1n) is 11.9. The molecular formula is C28H27N3O5. The number of nitrogens with zero attached hydrogens (tertiary/aromatic N) is 1. The van der Waals surface area contributed by atoms with Crippen LogP contribution < -0.4 is 15.4 Å². The number of fused-ring (bicyclic) bond motifs is 1. The topological polar surface area (TPSA) is 108 Å². The van der Waals surface area contributed by atoms with Crippen LogP contribution in [0.2, 0.25) is 0 Å². The highest BCUT2D eigenvalue weighted by molar-refractivity contribution is 6.08. The fourth-order valence-corrected chi connectivity index (χ4v) is 5.01. The van der Waals surface area contributed by atoms with E-state index in [0.717, 1.165) is 11.1 Å². The van der Waals surface area contributed by atoms with Crippen molar-refractivity contribution in [2.75, 3.05) is 13.1 Å². The molecule has 3 N–H and O–H groups in total. The zero-order valence-corrected chi connectivity index (χ0v) is 19.5. The van der Waals surface area contributed by atoms with Crippen molar-refractivity contribution in [2.24, 2.45) is 11.8 Å². The van der Waals surface area contributed by atoms with E-state index in [-0.39, 0.29) is 12.5 Å². The molecule has 4 atom stereocenters. The molecule has 4 unspecified atom stereocenters. The third-order valence-electron chi connectivity index (χ3n) is 6.73. The Morgan fingerprint density at radius 1 is 0.861 bits per heavy atom. The van der Waals surface area contributed by atoms with Gasteiger partial charge < -0.3 is 15.2 Å². The number of carboxylic acid groups (broad SMARTS) is 1. The van der Waals surface area contributed by atoms with Crippen LogP contribution in [0.25, 0.3) is 0 Å². The normalized spacial score (nSPS) is 23.1. The summed E-state index contributed by atoms with van der Waals surface area (Å²) in [4.78, 5) is 39.7. The van der Waals surface area contributed by atoms with Crippen molar-refractivity contribution < 1.29 is 24.2 Å². The Labute approximate surface area is 208 Å². The maximum absolute atomic E-state index is 13.3. The number of para-hydroxylation sites is 1. The summed E-state index contributed by atoms with van der Waals surface area (Å²) in [5.74, 6) is -2.29. The molecule has 0 radical (unpaired) electrons.